The molecule has 26 heavy (non-hydrogen) atoms. The number of esters is 1. The molecule has 0 saturated carbocycles. The Labute approximate surface area is 160 Å². The molecule has 1 fully saturated rings. The van der Waals surface area contributed by atoms with Crippen molar-refractivity contribution in [3.63, 3.8) is 0 Å². The number of thiophene rings is 1. The predicted molar refractivity (Wildman–Crippen MR) is 105 cm³/mol. The van der Waals surface area contributed by atoms with Gasteiger partial charge >= 0.3 is 5.97 Å². The number of amides is 1. The average Bonchev–Trinajstić information content (AvgIpc) is 2.93. The van der Waals surface area contributed by atoms with E-state index in [1.807, 2.05) is 6.92 Å². The molecule has 6 heteroatoms. The number of anilines is 1. The molecule has 2 aliphatic rings. The van der Waals surface area contributed by atoms with Crippen LogP contribution in [-0.2, 0) is 22.4 Å². The Kier molecular flexibility index (Phi) is 6.35. The fourth-order valence-electron chi connectivity index (χ4n) is 3.85. The lowest BCUT2D eigenvalue weighted by atomic mass is 9.88. The Balaban J connectivity index is 1.73. The summed E-state index contributed by atoms with van der Waals surface area (Å²) in [4.78, 5) is 28.5. The molecule has 1 amide bonds. The molecular formula is C20H30N2O3S. The minimum Gasteiger partial charge on any atom is -0.462 e. The number of hydrogen-bond acceptors (Lipinski definition) is 5. The molecule has 1 unspecified atom stereocenters. The van der Waals surface area contributed by atoms with E-state index in [4.69, 9.17) is 4.74 Å². The predicted octanol–water partition coefficient (Wildman–Crippen LogP) is 3.72. The summed E-state index contributed by atoms with van der Waals surface area (Å²) in [5, 5.41) is 3.70. The summed E-state index contributed by atoms with van der Waals surface area (Å²) in [5.41, 5.74) is 1.69. The summed E-state index contributed by atoms with van der Waals surface area (Å²) in [7, 11) is 0. The fraction of sp³-hybridized carbons (Fsp3) is 0.700. The Morgan fingerprint density at radius 1 is 1.19 bits per heavy atom. The summed E-state index contributed by atoms with van der Waals surface area (Å²) in [5.74, 6) is 1.03. The van der Waals surface area contributed by atoms with Crippen LogP contribution in [0, 0.1) is 11.8 Å². The summed E-state index contributed by atoms with van der Waals surface area (Å²) < 4.78 is 5.27. The second-order valence-corrected chi connectivity index (χ2v) is 8.89. The third kappa shape index (κ3) is 4.46. The number of fused-ring (bicyclic) bond motifs is 1. The first kappa shape index (κ1) is 19.4. The number of piperidine rings is 1. The number of ether oxygens (including phenoxy) is 1. The number of carbonyl (C=O) groups is 2. The molecule has 0 spiro atoms. The van der Waals surface area contributed by atoms with E-state index >= 15 is 0 Å². The zero-order chi connectivity index (χ0) is 18.7. The smallest absolute Gasteiger partial charge is 0.341 e. The Morgan fingerprint density at radius 2 is 1.92 bits per heavy atom. The van der Waals surface area contributed by atoms with Crippen LogP contribution in [0.5, 0.6) is 0 Å². The van der Waals surface area contributed by atoms with Crippen molar-refractivity contribution in [2.24, 2.45) is 11.8 Å². The molecule has 1 aromatic heterocycles. The van der Waals surface area contributed by atoms with Gasteiger partial charge in [-0.15, -0.1) is 11.3 Å². The van der Waals surface area contributed by atoms with Crippen molar-refractivity contribution in [1.29, 1.82) is 0 Å². The Hall–Kier alpha value is -1.40. The maximum Gasteiger partial charge on any atom is 0.341 e. The maximum absolute atomic E-state index is 12.6. The second-order valence-electron chi connectivity index (χ2n) is 7.78. The highest BCUT2D eigenvalue weighted by molar-refractivity contribution is 7.17. The van der Waals surface area contributed by atoms with Crippen LogP contribution in [0.3, 0.4) is 0 Å². The molecule has 1 aliphatic heterocycles. The normalized spacial score (nSPS) is 21.3. The van der Waals surface area contributed by atoms with Crippen molar-refractivity contribution in [3.05, 3.63) is 16.0 Å². The highest BCUT2D eigenvalue weighted by Crippen LogP contribution is 2.40. The van der Waals surface area contributed by atoms with Crippen LogP contribution in [0.25, 0.3) is 0 Å². The summed E-state index contributed by atoms with van der Waals surface area (Å²) in [6, 6.07) is 0. The highest BCUT2D eigenvalue weighted by Gasteiger charge is 2.29. The van der Waals surface area contributed by atoms with Crippen LogP contribution < -0.4 is 5.32 Å². The lowest BCUT2D eigenvalue weighted by Gasteiger charge is -2.29. The van der Waals surface area contributed by atoms with Crippen LogP contribution in [0.2, 0.25) is 0 Å². The molecule has 0 bridgehead atoms. The van der Waals surface area contributed by atoms with E-state index < -0.39 is 0 Å². The van der Waals surface area contributed by atoms with Crippen LogP contribution in [0.15, 0.2) is 0 Å². The molecule has 1 aliphatic carbocycles. The van der Waals surface area contributed by atoms with Gasteiger partial charge in [-0.25, -0.2) is 4.79 Å². The first-order valence-electron chi connectivity index (χ1n) is 9.81. The van der Waals surface area contributed by atoms with Crippen molar-refractivity contribution >= 4 is 28.2 Å². The zero-order valence-corrected chi connectivity index (χ0v) is 16.9. The minimum absolute atomic E-state index is 0.0308. The van der Waals surface area contributed by atoms with Crippen LogP contribution in [0.4, 0.5) is 5.00 Å². The first-order valence-corrected chi connectivity index (χ1v) is 10.6. The Morgan fingerprint density at radius 3 is 2.62 bits per heavy atom. The third-order valence-electron chi connectivity index (χ3n) is 5.49. The van der Waals surface area contributed by atoms with Gasteiger partial charge in [0.05, 0.1) is 18.7 Å². The van der Waals surface area contributed by atoms with E-state index in [1.165, 1.54) is 4.88 Å². The van der Waals surface area contributed by atoms with Crippen molar-refractivity contribution in [2.75, 3.05) is 31.6 Å². The summed E-state index contributed by atoms with van der Waals surface area (Å²) in [6.07, 6.45) is 5.24. The van der Waals surface area contributed by atoms with E-state index in [9.17, 15) is 9.59 Å². The molecule has 0 aromatic carbocycles. The van der Waals surface area contributed by atoms with Gasteiger partial charge < -0.3 is 10.1 Å². The van der Waals surface area contributed by atoms with Gasteiger partial charge in [0.25, 0.3) is 0 Å². The molecule has 0 radical (unpaired) electrons. The van der Waals surface area contributed by atoms with Gasteiger partial charge in [0.15, 0.2) is 0 Å². The molecule has 3 rings (SSSR count). The average molecular weight is 379 g/mol. The monoisotopic (exact) mass is 378 g/mol. The van der Waals surface area contributed by atoms with Crippen molar-refractivity contribution in [3.8, 4) is 0 Å². The Bertz CT molecular complexity index is 662. The van der Waals surface area contributed by atoms with E-state index in [0.717, 1.165) is 56.7 Å². The van der Waals surface area contributed by atoms with E-state index in [1.54, 1.807) is 11.3 Å². The van der Waals surface area contributed by atoms with Crippen LogP contribution >= 0.6 is 11.3 Å². The quantitative estimate of drug-likeness (QED) is 0.794. The molecule has 5 nitrogen and oxygen atoms in total. The molecule has 1 atom stereocenters. The van der Waals surface area contributed by atoms with Crippen molar-refractivity contribution < 1.29 is 14.3 Å². The minimum atomic E-state index is -0.304. The van der Waals surface area contributed by atoms with E-state index in [2.05, 4.69) is 24.1 Å². The maximum atomic E-state index is 12.6. The van der Waals surface area contributed by atoms with Gasteiger partial charge in [-0.1, -0.05) is 13.8 Å². The molecule has 1 N–H and O–H groups in total. The lowest BCUT2D eigenvalue weighted by molar-refractivity contribution is -0.117. The largest absolute Gasteiger partial charge is 0.462 e. The van der Waals surface area contributed by atoms with Gasteiger partial charge in [-0.05, 0) is 69.5 Å². The number of nitrogens with zero attached hydrogens (tertiary/aromatic N) is 1. The number of carbonyl (C=O) groups excluding carboxylic acids is 2. The standard InChI is InChI=1S/C20H30N2O3S/c1-4-25-20(24)18-15-6-5-14(3)11-16(15)26-19(18)21-17(23)12-22-9-7-13(2)8-10-22/h13-14H,4-12H2,1-3H3,(H,21,23). The van der Waals surface area contributed by atoms with Crippen LogP contribution in [-0.4, -0.2) is 43.0 Å². The molecule has 144 valence electrons. The van der Waals surface area contributed by atoms with Gasteiger partial charge in [0, 0.05) is 4.88 Å². The zero-order valence-electron chi connectivity index (χ0n) is 16.1. The van der Waals surface area contributed by atoms with Crippen LogP contribution in [0.1, 0.15) is 60.8 Å². The third-order valence-corrected chi connectivity index (χ3v) is 6.66. The highest BCUT2D eigenvalue weighted by atomic mass is 32.1. The van der Waals surface area contributed by atoms with Gasteiger partial charge in [-0.2, -0.15) is 0 Å². The lowest BCUT2D eigenvalue weighted by Crippen LogP contribution is -2.38. The topological polar surface area (TPSA) is 58.6 Å². The number of nitrogens with one attached hydrogen (secondary N) is 1. The number of rotatable bonds is 5. The van der Waals surface area contributed by atoms with Gasteiger partial charge in [0.1, 0.15) is 5.00 Å². The summed E-state index contributed by atoms with van der Waals surface area (Å²) >= 11 is 1.56. The van der Waals surface area contributed by atoms with E-state index in [0.29, 0.717) is 29.6 Å². The second kappa shape index (κ2) is 8.53. The number of hydrogen-bond donors (Lipinski definition) is 1. The van der Waals surface area contributed by atoms with Gasteiger partial charge in [0.2, 0.25) is 5.91 Å². The summed E-state index contributed by atoms with van der Waals surface area (Å²) in [6.45, 7) is 9.00. The van der Waals surface area contributed by atoms with Gasteiger partial charge in [-0.3, -0.25) is 9.69 Å². The number of likely N-dealkylation sites (tertiary alicyclic amines) is 1. The first-order chi connectivity index (χ1) is 12.5. The van der Waals surface area contributed by atoms with Crippen molar-refractivity contribution in [2.45, 2.75) is 52.9 Å². The SMILES string of the molecule is CCOC(=O)c1c(NC(=O)CN2CCC(C)CC2)sc2c1CCC(C)C2. The fourth-order valence-corrected chi connectivity index (χ4v) is 5.26. The van der Waals surface area contributed by atoms with E-state index in [-0.39, 0.29) is 11.9 Å². The van der Waals surface area contributed by atoms with Crippen molar-refractivity contribution in [1.82, 2.24) is 4.90 Å². The molecule has 2 heterocycles. The molecule has 1 saturated heterocycles. The molecular weight excluding hydrogens is 348 g/mol. The molecule has 1 aromatic rings.